The zero-order valence-electron chi connectivity index (χ0n) is 11.7. The molecule has 116 valence electrons. The number of alkyl halides is 2. The lowest BCUT2D eigenvalue weighted by molar-refractivity contribution is -0.0628. The van der Waals surface area contributed by atoms with E-state index in [9.17, 15) is 8.78 Å². The van der Waals surface area contributed by atoms with Gasteiger partial charge in [0.05, 0.1) is 5.60 Å². The quantitative estimate of drug-likeness (QED) is 0.916. The Bertz CT molecular complexity index is 463. The highest BCUT2D eigenvalue weighted by Crippen LogP contribution is 2.39. The predicted octanol–water partition coefficient (Wildman–Crippen LogP) is 3.75. The fourth-order valence-electron chi connectivity index (χ4n) is 2.98. The first-order valence-corrected chi connectivity index (χ1v) is 8.34. The van der Waals surface area contributed by atoms with E-state index in [1.165, 1.54) is 5.75 Å². The number of anilines is 1. The molecule has 3 rings (SSSR count). The molecule has 0 bridgehead atoms. The van der Waals surface area contributed by atoms with Gasteiger partial charge >= 0.3 is 6.61 Å². The predicted molar refractivity (Wildman–Crippen MR) is 80.3 cm³/mol. The molecule has 0 saturated carbocycles. The minimum Gasteiger partial charge on any atom is -0.435 e. The first kappa shape index (κ1) is 14.9. The first-order valence-electron chi connectivity index (χ1n) is 7.18. The number of halogens is 2. The second-order valence-corrected chi connectivity index (χ2v) is 6.68. The minimum atomic E-state index is -2.78. The summed E-state index contributed by atoms with van der Waals surface area (Å²) >= 11 is 1.96. The maximum atomic E-state index is 12.1. The Hall–Kier alpha value is -1.01. The van der Waals surface area contributed by atoms with Gasteiger partial charge in [-0.1, -0.05) is 0 Å². The van der Waals surface area contributed by atoms with E-state index in [0.29, 0.717) is 6.04 Å². The van der Waals surface area contributed by atoms with Crippen LogP contribution in [0.4, 0.5) is 14.5 Å². The number of hydrogen-bond donors (Lipinski definition) is 1. The average molecular weight is 315 g/mol. The van der Waals surface area contributed by atoms with Crippen molar-refractivity contribution in [3.63, 3.8) is 0 Å². The molecule has 2 atom stereocenters. The maximum Gasteiger partial charge on any atom is 0.387 e. The Morgan fingerprint density at radius 3 is 2.81 bits per heavy atom. The molecule has 0 aromatic heterocycles. The third-order valence-electron chi connectivity index (χ3n) is 4.01. The van der Waals surface area contributed by atoms with E-state index in [1.807, 2.05) is 11.8 Å². The lowest BCUT2D eigenvalue weighted by atomic mass is 9.90. The molecular weight excluding hydrogens is 296 g/mol. The summed E-state index contributed by atoms with van der Waals surface area (Å²) in [6.45, 7) is -2.00. The monoisotopic (exact) mass is 315 g/mol. The largest absolute Gasteiger partial charge is 0.435 e. The summed E-state index contributed by atoms with van der Waals surface area (Å²) in [5.74, 6) is 2.44. The molecule has 3 nitrogen and oxygen atoms in total. The Morgan fingerprint density at radius 1 is 1.33 bits per heavy atom. The minimum absolute atomic E-state index is 0.0410. The van der Waals surface area contributed by atoms with Gasteiger partial charge in [0.1, 0.15) is 5.75 Å². The van der Waals surface area contributed by atoms with Crippen LogP contribution >= 0.6 is 11.8 Å². The molecule has 2 unspecified atom stereocenters. The molecule has 1 N–H and O–H groups in total. The van der Waals surface area contributed by atoms with E-state index in [2.05, 4.69) is 10.1 Å². The Balaban J connectivity index is 1.58. The van der Waals surface area contributed by atoms with Crippen molar-refractivity contribution in [1.82, 2.24) is 0 Å². The van der Waals surface area contributed by atoms with Crippen LogP contribution in [0.15, 0.2) is 24.3 Å². The van der Waals surface area contributed by atoms with Crippen LogP contribution in [0.2, 0.25) is 0 Å². The highest BCUT2D eigenvalue weighted by Gasteiger charge is 2.40. The summed E-state index contributed by atoms with van der Waals surface area (Å²) in [6, 6.07) is 7.07. The fourth-order valence-corrected chi connectivity index (χ4v) is 4.36. The number of rotatable bonds is 4. The second kappa shape index (κ2) is 6.40. The third kappa shape index (κ3) is 3.80. The van der Waals surface area contributed by atoms with Crippen molar-refractivity contribution < 1.29 is 18.3 Å². The van der Waals surface area contributed by atoms with Crippen LogP contribution < -0.4 is 10.1 Å². The van der Waals surface area contributed by atoms with Gasteiger partial charge in [0.15, 0.2) is 0 Å². The van der Waals surface area contributed by atoms with Crippen LogP contribution in [0.3, 0.4) is 0 Å². The van der Waals surface area contributed by atoms with Crippen molar-refractivity contribution in [2.75, 3.05) is 23.4 Å². The van der Waals surface area contributed by atoms with Crippen molar-refractivity contribution >= 4 is 17.4 Å². The van der Waals surface area contributed by atoms with Gasteiger partial charge in [-0.3, -0.25) is 0 Å². The van der Waals surface area contributed by atoms with Crippen LogP contribution in [0.25, 0.3) is 0 Å². The zero-order chi connectivity index (χ0) is 14.7. The molecule has 0 amide bonds. The van der Waals surface area contributed by atoms with Gasteiger partial charge in [-0.25, -0.2) is 0 Å². The molecule has 0 radical (unpaired) electrons. The van der Waals surface area contributed by atoms with Crippen molar-refractivity contribution in [3.05, 3.63) is 24.3 Å². The Labute approximate surface area is 127 Å². The Morgan fingerprint density at radius 2 is 2.14 bits per heavy atom. The van der Waals surface area contributed by atoms with Gasteiger partial charge in [-0.2, -0.15) is 20.5 Å². The molecule has 1 aromatic rings. The molecule has 21 heavy (non-hydrogen) atoms. The molecule has 2 heterocycles. The van der Waals surface area contributed by atoms with Gasteiger partial charge in [-0.15, -0.1) is 0 Å². The maximum absolute atomic E-state index is 12.1. The van der Waals surface area contributed by atoms with E-state index in [0.717, 1.165) is 37.3 Å². The standard InChI is InChI=1S/C15H19F2NO2S/c16-14(17)20-13-3-1-11(2-4-13)18-12-5-7-19-15(9-12)6-8-21-10-15/h1-4,12,14,18H,5-10H2. The molecule has 2 saturated heterocycles. The van der Waals surface area contributed by atoms with Crippen molar-refractivity contribution in [2.45, 2.75) is 37.5 Å². The molecule has 0 aliphatic carbocycles. The zero-order valence-corrected chi connectivity index (χ0v) is 12.5. The van der Waals surface area contributed by atoms with Crippen molar-refractivity contribution in [3.8, 4) is 5.75 Å². The summed E-state index contributed by atoms with van der Waals surface area (Å²) in [4.78, 5) is 0. The lowest BCUT2D eigenvalue weighted by Crippen LogP contribution is -2.44. The van der Waals surface area contributed by atoms with Gasteiger partial charge in [-0.05, 0) is 49.3 Å². The summed E-state index contributed by atoms with van der Waals surface area (Å²) in [5, 5.41) is 3.48. The number of nitrogens with one attached hydrogen (secondary N) is 1. The topological polar surface area (TPSA) is 30.5 Å². The smallest absolute Gasteiger partial charge is 0.387 e. The number of thioether (sulfide) groups is 1. The molecular formula is C15H19F2NO2S. The van der Waals surface area contributed by atoms with Gasteiger partial charge < -0.3 is 14.8 Å². The van der Waals surface area contributed by atoms with E-state index < -0.39 is 6.61 Å². The Kier molecular flexibility index (Phi) is 4.54. The average Bonchev–Trinajstić information content (AvgIpc) is 2.88. The van der Waals surface area contributed by atoms with Crippen LogP contribution in [0.1, 0.15) is 19.3 Å². The number of ether oxygens (including phenoxy) is 2. The number of hydrogen-bond acceptors (Lipinski definition) is 4. The van der Waals surface area contributed by atoms with Crippen LogP contribution in [-0.2, 0) is 4.74 Å². The van der Waals surface area contributed by atoms with E-state index in [4.69, 9.17) is 4.74 Å². The molecule has 1 aromatic carbocycles. The highest BCUT2D eigenvalue weighted by molar-refractivity contribution is 7.99. The summed E-state index contributed by atoms with van der Waals surface area (Å²) in [5.41, 5.74) is 0.976. The normalized spacial score (nSPS) is 29.0. The fraction of sp³-hybridized carbons (Fsp3) is 0.600. The third-order valence-corrected chi connectivity index (χ3v) is 5.23. The van der Waals surface area contributed by atoms with Crippen LogP contribution in [-0.4, -0.2) is 36.4 Å². The van der Waals surface area contributed by atoms with Crippen LogP contribution in [0, 0.1) is 0 Å². The molecule has 1 spiro atoms. The molecule has 2 aliphatic heterocycles. The summed E-state index contributed by atoms with van der Waals surface area (Å²) in [7, 11) is 0. The number of benzene rings is 1. The summed E-state index contributed by atoms with van der Waals surface area (Å²) < 4.78 is 34.6. The molecule has 2 fully saturated rings. The van der Waals surface area contributed by atoms with Crippen molar-refractivity contribution in [2.24, 2.45) is 0 Å². The van der Waals surface area contributed by atoms with Gasteiger partial charge in [0.25, 0.3) is 0 Å². The molecule has 2 aliphatic rings. The van der Waals surface area contributed by atoms with E-state index >= 15 is 0 Å². The first-order chi connectivity index (χ1) is 10.2. The second-order valence-electron chi connectivity index (χ2n) is 5.57. The summed E-state index contributed by atoms with van der Waals surface area (Å²) in [6.07, 6.45) is 3.11. The SMILES string of the molecule is FC(F)Oc1ccc(NC2CCOC3(CCSC3)C2)cc1. The molecule has 6 heteroatoms. The van der Waals surface area contributed by atoms with Crippen LogP contribution in [0.5, 0.6) is 5.75 Å². The lowest BCUT2D eigenvalue weighted by Gasteiger charge is -2.38. The van der Waals surface area contributed by atoms with E-state index in [1.54, 1.807) is 24.3 Å². The van der Waals surface area contributed by atoms with Crippen molar-refractivity contribution in [1.29, 1.82) is 0 Å². The highest BCUT2D eigenvalue weighted by atomic mass is 32.2. The van der Waals surface area contributed by atoms with E-state index in [-0.39, 0.29) is 11.4 Å². The van der Waals surface area contributed by atoms with Gasteiger partial charge in [0, 0.05) is 24.1 Å². The van der Waals surface area contributed by atoms with Gasteiger partial charge in [0.2, 0.25) is 0 Å².